The van der Waals surface area contributed by atoms with Crippen LogP contribution in [0.4, 0.5) is 8.78 Å². The number of hydrogen-bond donors (Lipinski definition) is 1. The molecule has 1 aromatic carbocycles. The molecule has 1 N–H and O–H groups in total. The number of benzene rings is 1. The molecule has 1 unspecified atom stereocenters. The molecule has 1 heterocycles. The molecule has 0 saturated carbocycles. The zero-order chi connectivity index (χ0) is 12.3. The predicted molar refractivity (Wildman–Crippen MR) is 60.9 cm³/mol. The highest BCUT2D eigenvalue weighted by Gasteiger charge is 2.19. The summed E-state index contributed by atoms with van der Waals surface area (Å²) >= 11 is 0. The molecule has 1 aliphatic rings. The minimum atomic E-state index is -0.772. The van der Waals surface area contributed by atoms with Gasteiger partial charge in [-0.05, 0) is 31.5 Å². The highest BCUT2D eigenvalue weighted by atomic mass is 19.1. The molecule has 2 rings (SSSR count). The number of piperidine rings is 1. The SMILES string of the molecule is O=C(CC1CCCCN1)c1ccc(F)cc1F. The first kappa shape index (κ1) is 12.2. The summed E-state index contributed by atoms with van der Waals surface area (Å²) in [5.41, 5.74) is -0.0150. The van der Waals surface area contributed by atoms with Crippen molar-refractivity contribution in [3.05, 3.63) is 35.4 Å². The Bertz CT molecular complexity index is 414. The molecule has 1 aromatic rings. The van der Waals surface area contributed by atoms with E-state index in [0.29, 0.717) is 0 Å². The highest BCUT2D eigenvalue weighted by Crippen LogP contribution is 2.16. The third-order valence-electron chi connectivity index (χ3n) is 3.08. The van der Waals surface area contributed by atoms with E-state index >= 15 is 0 Å². The lowest BCUT2D eigenvalue weighted by Gasteiger charge is -2.22. The number of rotatable bonds is 3. The zero-order valence-electron chi connectivity index (χ0n) is 9.51. The lowest BCUT2D eigenvalue weighted by atomic mass is 9.97. The van der Waals surface area contributed by atoms with Crippen LogP contribution in [0.1, 0.15) is 36.0 Å². The first-order valence-electron chi connectivity index (χ1n) is 5.88. The van der Waals surface area contributed by atoms with E-state index in [2.05, 4.69) is 5.32 Å². The van der Waals surface area contributed by atoms with E-state index in [1.165, 1.54) is 6.07 Å². The summed E-state index contributed by atoms with van der Waals surface area (Å²) in [5, 5.41) is 3.23. The molecule has 0 bridgehead atoms. The second-order valence-electron chi connectivity index (χ2n) is 4.40. The smallest absolute Gasteiger partial charge is 0.167 e. The summed E-state index contributed by atoms with van der Waals surface area (Å²) in [6.45, 7) is 0.907. The van der Waals surface area contributed by atoms with Gasteiger partial charge in [-0.1, -0.05) is 6.42 Å². The third kappa shape index (κ3) is 3.09. The van der Waals surface area contributed by atoms with Gasteiger partial charge >= 0.3 is 0 Å². The van der Waals surface area contributed by atoms with Gasteiger partial charge in [0, 0.05) is 18.5 Å². The second kappa shape index (κ2) is 5.36. The summed E-state index contributed by atoms with van der Waals surface area (Å²) < 4.78 is 26.1. The van der Waals surface area contributed by atoms with Crippen LogP contribution in [0.15, 0.2) is 18.2 Å². The number of carbonyl (C=O) groups is 1. The van der Waals surface area contributed by atoms with Gasteiger partial charge in [-0.15, -0.1) is 0 Å². The fourth-order valence-electron chi connectivity index (χ4n) is 2.15. The fourth-order valence-corrected chi connectivity index (χ4v) is 2.15. The summed E-state index contributed by atoms with van der Waals surface area (Å²) in [4.78, 5) is 11.8. The Morgan fingerprint density at radius 1 is 1.35 bits per heavy atom. The van der Waals surface area contributed by atoms with Gasteiger partial charge in [-0.25, -0.2) is 8.78 Å². The fraction of sp³-hybridized carbons (Fsp3) is 0.462. The van der Waals surface area contributed by atoms with Gasteiger partial charge < -0.3 is 5.32 Å². The lowest BCUT2D eigenvalue weighted by Crippen LogP contribution is -2.35. The molecule has 1 saturated heterocycles. The zero-order valence-corrected chi connectivity index (χ0v) is 9.51. The maximum absolute atomic E-state index is 13.4. The van der Waals surface area contributed by atoms with Gasteiger partial charge in [0.1, 0.15) is 11.6 Å². The standard InChI is InChI=1S/C13H15F2NO/c14-9-4-5-11(12(15)7-9)13(17)8-10-3-1-2-6-16-10/h4-5,7,10,16H,1-3,6,8H2. The average Bonchev–Trinajstić information content (AvgIpc) is 2.30. The minimum Gasteiger partial charge on any atom is -0.314 e. The first-order chi connectivity index (χ1) is 8.16. The molecule has 1 atom stereocenters. The van der Waals surface area contributed by atoms with Crippen molar-refractivity contribution < 1.29 is 13.6 Å². The maximum Gasteiger partial charge on any atom is 0.167 e. The monoisotopic (exact) mass is 239 g/mol. The molecule has 2 nitrogen and oxygen atoms in total. The van der Waals surface area contributed by atoms with Crippen LogP contribution in [0.25, 0.3) is 0 Å². The first-order valence-corrected chi connectivity index (χ1v) is 5.88. The average molecular weight is 239 g/mol. The summed E-state index contributed by atoms with van der Waals surface area (Å²) in [6, 6.07) is 3.21. The van der Waals surface area contributed by atoms with Crippen molar-refractivity contribution in [2.45, 2.75) is 31.7 Å². The van der Waals surface area contributed by atoms with E-state index < -0.39 is 11.6 Å². The Hall–Kier alpha value is -1.29. The van der Waals surface area contributed by atoms with Crippen LogP contribution in [0, 0.1) is 11.6 Å². The van der Waals surface area contributed by atoms with Gasteiger partial charge in [0.15, 0.2) is 5.78 Å². The van der Waals surface area contributed by atoms with Crippen molar-refractivity contribution >= 4 is 5.78 Å². The Morgan fingerprint density at radius 2 is 2.18 bits per heavy atom. The number of Topliss-reactive ketones (excluding diaryl/α,β-unsaturated/α-hetero) is 1. The molecular weight excluding hydrogens is 224 g/mol. The molecule has 1 fully saturated rings. The van der Waals surface area contributed by atoms with Crippen molar-refractivity contribution in [3.63, 3.8) is 0 Å². The van der Waals surface area contributed by atoms with Crippen molar-refractivity contribution in [1.82, 2.24) is 5.32 Å². The largest absolute Gasteiger partial charge is 0.314 e. The normalized spacial score (nSPS) is 20.2. The summed E-state index contributed by atoms with van der Waals surface area (Å²) in [7, 11) is 0. The van der Waals surface area contributed by atoms with E-state index in [1.54, 1.807) is 0 Å². The predicted octanol–water partition coefficient (Wildman–Crippen LogP) is 2.68. The van der Waals surface area contributed by atoms with E-state index in [1.807, 2.05) is 0 Å². The Balaban J connectivity index is 2.03. The van der Waals surface area contributed by atoms with Gasteiger partial charge in [-0.3, -0.25) is 4.79 Å². The Morgan fingerprint density at radius 3 is 2.82 bits per heavy atom. The minimum absolute atomic E-state index is 0.0150. The third-order valence-corrected chi connectivity index (χ3v) is 3.08. The topological polar surface area (TPSA) is 29.1 Å². The van der Waals surface area contributed by atoms with Crippen LogP contribution in [0.3, 0.4) is 0 Å². The maximum atomic E-state index is 13.4. The number of ketones is 1. The van der Waals surface area contributed by atoms with Crippen LogP contribution in [-0.4, -0.2) is 18.4 Å². The number of hydrogen-bond acceptors (Lipinski definition) is 2. The van der Waals surface area contributed by atoms with Crippen LogP contribution in [0.5, 0.6) is 0 Å². The van der Waals surface area contributed by atoms with E-state index in [9.17, 15) is 13.6 Å². The number of carbonyl (C=O) groups excluding carboxylic acids is 1. The summed E-state index contributed by atoms with van der Waals surface area (Å²) in [6.07, 6.45) is 3.43. The quantitative estimate of drug-likeness (QED) is 0.822. The molecule has 0 amide bonds. The van der Waals surface area contributed by atoms with Crippen LogP contribution in [-0.2, 0) is 0 Å². The molecule has 0 aliphatic carbocycles. The van der Waals surface area contributed by atoms with Crippen molar-refractivity contribution in [2.24, 2.45) is 0 Å². The molecule has 4 heteroatoms. The molecular formula is C13H15F2NO. The lowest BCUT2D eigenvalue weighted by molar-refractivity contribution is 0.0959. The van der Waals surface area contributed by atoms with Crippen molar-refractivity contribution in [1.29, 1.82) is 0 Å². The van der Waals surface area contributed by atoms with Gasteiger partial charge in [-0.2, -0.15) is 0 Å². The van der Waals surface area contributed by atoms with Gasteiger partial charge in [0.2, 0.25) is 0 Å². The number of nitrogens with one attached hydrogen (secondary N) is 1. The Kier molecular flexibility index (Phi) is 3.84. The van der Waals surface area contributed by atoms with Gasteiger partial charge in [0.25, 0.3) is 0 Å². The van der Waals surface area contributed by atoms with Crippen LogP contribution < -0.4 is 5.32 Å². The highest BCUT2D eigenvalue weighted by molar-refractivity contribution is 5.96. The van der Waals surface area contributed by atoms with Gasteiger partial charge in [0.05, 0.1) is 5.56 Å². The molecule has 0 aromatic heterocycles. The van der Waals surface area contributed by atoms with Crippen LogP contribution in [0.2, 0.25) is 0 Å². The molecule has 0 radical (unpaired) electrons. The molecule has 1 aliphatic heterocycles. The molecule has 17 heavy (non-hydrogen) atoms. The van der Waals surface area contributed by atoms with E-state index in [0.717, 1.165) is 37.9 Å². The van der Waals surface area contributed by atoms with E-state index in [-0.39, 0.29) is 23.8 Å². The van der Waals surface area contributed by atoms with Crippen molar-refractivity contribution in [2.75, 3.05) is 6.54 Å². The molecule has 0 spiro atoms. The molecule has 92 valence electrons. The van der Waals surface area contributed by atoms with E-state index in [4.69, 9.17) is 0 Å². The van der Waals surface area contributed by atoms with Crippen LogP contribution >= 0.6 is 0 Å². The Labute approximate surface area is 99.0 Å². The number of halogens is 2. The van der Waals surface area contributed by atoms with Crippen molar-refractivity contribution in [3.8, 4) is 0 Å². The summed E-state index contributed by atoms with van der Waals surface area (Å²) in [5.74, 6) is -1.69. The second-order valence-corrected chi connectivity index (χ2v) is 4.40.